The lowest BCUT2D eigenvalue weighted by Gasteiger charge is -2.41. The standard InChI is InChI=1S/C26H32FN3O4/c1-33-16-15-30-24(19-7-9-20(27)10-8-19)23(21-5-2-3-6-22(21)26(30)32)25(31)28-11-4-12-29-13-17-34-18-14-29/h2-3,5-10,23-24H,4,11-18H2,1H3,(H,28,31). The molecule has 1 saturated heterocycles. The van der Waals surface area contributed by atoms with Crippen LogP contribution in [0.5, 0.6) is 0 Å². The van der Waals surface area contributed by atoms with Gasteiger partial charge < -0.3 is 19.7 Å². The van der Waals surface area contributed by atoms with Crippen LogP contribution in [0.25, 0.3) is 0 Å². The van der Waals surface area contributed by atoms with E-state index in [1.165, 1.54) is 12.1 Å². The molecule has 0 bridgehead atoms. The highest BCUT2D eigenvalue weighted by Crippen LogP contribution is 2.42. The summed E-state index contributed by atoms with van der Waals surface area (Å²) in [4.78, 5) is 31.0. The van der Waals surface area contributed by atoms with E-state index in [4.69, 9.17) is 9.47 Å². The Labute approximate surface area is 199 Å². The Morgan fingerprint density at radius 1 is 1.12 bits per heavy atom. The van der Waals surface area contributed by atoms with Crippen LogP contribution in [0.2, 0.25) is 0 Å². The lowest BCUT2D eigenvalue weighted by atomic mass is 9.79. The molecule has 0 spiro atoms. The number of methoxy groups -OCH3 is 1. The van der Waals surface area contributed by atoms with Crippen molar-refractivity contribution in [2.24, 2.45) is 0 Å². The Balaban J connectivity index is 1.58. The quantitative estimate of drug-likeness (QED) is 0.572. The van der Waals surface area contributed by atoms with Gasteiger partial charge in [-0.25, -0.2) is 4.39 Å². The maximum Gasteiger partial charge on any atom is 0.254 e. The van der Waals surface area contributed by atoms with E-state index in [0.717, 1.165) is 39.3 Å². The summed E-state index contributed by atoms with van der Waals surface area (Å²) in [5, 5.41) is 3.10. The van der Waals surface area contributed by atoms with Crippen molar-refractivity contribution in [2.75, 3.05) is 59.7 Å². The fourth-order valence-corrected chi connectivity index (χ4v) is 4.79. The maximum absolute atomic E-state index is 13.7. The second-order valence-corrected chi connectivity index (χ2v) is 8.65. The van der Waals surface area contributed by atoms with Crippen LogP contribution >= 0.6 is 0 Å². The minimum absolute atomic E-state index is 0.140. The molecule has 1 N–H and O–H groups in total. The number of carbonyl (C=O) groups excluding carboxylic acids is 2. The summed E-state index contributed by atoms with van der Waals surface area (Å²) in [6.07, 6.45) is 0.827. The summed E-state index contributed by atoms with van der Waals surface area (Å²) in [7, 11) is 1.58. The summed E-state index contributed by atoms with van der Waals surface area (Å²) in [6, 6.07) is 12.7. The summed E-state index contributed by atoms with van der Waals surface area (Å²) < 4.78 is 24.3. The number of fused-ring (bicyclic) bond motifs is 1. The van der Waals surface area contributed by atoms with E-state index in [-0.39, 0.29) is 17.6 Å². The van der Waals surface area contributed by atoms with Crippen LogP contribution in [-0.4, -0.2) is 81.3 Å². The first-order chi connectivity index (χ1) is 16.6. The predicted octanol–water partition coefficient (Wildman–Crippen LogP) is 2.59. The van der Waals surface area contributed by atoms with E-state index in [2.05, 4.69) is 10.2 Å². The lowest BCUT2D eigenvalue weighted by Crippen LogP contribution is -2.48. The number of nitrogens with one attached hydrogen (secondary N) is 1. The first-order valence-corrected chi connectivity index (χ1v) is 11.8. The van der Waals surface area contributed by atoms with Crippen LogP contribution in [0, 0.1) is 5.82 Å². The van der Waals surface area contributed by atoms with E-state index in [0.29, 0.717) is 36.4 Å². The van der Waals surface area contributed by atoms with Crippen molar-refractivity contribution in [3.63, 3.8) is 0 Å². The van der Waals surface area contributed by atoms with Gasteiger partial charge in [0.2, 0.25) is 5.91 Å². The van der Waals surface area contributed by atoms with Crippen LogP contribution in [0.4, 0.5) is 4.39 Å². The van der Waals surface area contributed by atoms with E-state index in [1.807, 2.05) is 12.1 Å². The zero-order valence-corrected chi connectivity index (χ0v) is 19.5. The van der Waals surface area contributed by atoms with Gasteiger partial charge in [-0.3, -0.25) is 14.5 Å². The van der Waals surface area contributed by atoms with Gasteiger partial charge in [-0.2, -0.15) is 0 Å². The van der Waals surface area contributed by atoms with E-state index in [9.17, 15) is 14.0 Å². The number of benzene rings is 2. The van der Waals surface area contributed by atoms with E-state index < -0.39 is 12.0 Å². The smallest absolute Gasteiger partial charge is 0.254 e. The highest BCUT2D eigenvalue weighted by Gasteiger charge is 2.43. The van der Waals surface area contributed by atoms with Gasteiger partial charge in [0, 0.05) is 38.9 Å². The van der Waals surface area contributed by atoms with E-state index >= 15 is 0 Å². The topological polar surface area (TPSA) is 71.1 Å². The van der Waals surface area contributed by atoms with Crippen molar-refractivity contribution < 1.29 is 23.5 Å². The SMILES string of the molecule is COCCN1C(=O)c2ccccc2C(C(=O)NCCCN2CCOCC2)C1c1ccc(F)cc1. The number of hydrogen-bond donors (Lipinski definition) is 1. The van der Waals surface area contributed by atoms with Crippen molar-refractivity contribution in [1.29, 1.82) is 0 Å². The molecule has 2 aromatic rings. The van der Waals surface area contributed by atoms with Gasteiger partial charge in [0.15, 0.2) is 0 Å². The maximum atomic E-state index is 13.7. The number of rotatable bonds is 9. The van der Waals surface area contributed by atoms with Crippen molar-refractivity contribution in [1.82, 2.24) is 15.1 Å². The number of amides is 2. The molecule has 0 saturated carbocycles. The van der Waals surface area contributed by atoms with Crippen molar-refractivity contribution >= 4 is 11.8 Å². The van der Waals surface area contributed by atoms with Gasteiger partial charge in [0.1, 0.15) is 5.82 Å². The molecular formula is C26H32FN3O4. The molecule has 34 heavy (non-hydrogen) atoms. The van der Waals surface area contributed by atoms with E-state index in [1.54, 1.807) is 36.3 Å². The largest absolute Gasteiger partial charge is 0.383 e. The van der Waals surface area contributed by atoms with Crippen LogP contribution in [0.1, 0.15) is 39.9 Å². The molecule has 7 nitrogen and oxygen atoms in total. The molecule has 2 aliphatic rings. The van der Waals surface area contributed by atoms with Gasteiger partial charge in [-0.1, -0.05) is 30.3 Å². The molecular weight excluding hydrogens is 437 g/mol. The van der Waals surface area contributed by atoms with Gasteiger partial charge in [0.05, 0.1) is 31.8 Å². The van der Waals surface area contributed by atoms with Crippen LogP contribution < -0.4 is 5.32 Å². The molecule has 2 unspecified atom stereocenters. The fraction of sp³-hybridized carbons (Fsp3) is 0.462. The van der Waals surface area contributed by atoms with Crippen LogP contribution in [0.15, 0.2) is 48.5 Å². The zero-order chi connectivity index (χ0) is 23.9. The Bertz CT molecular complexity index is 978. The highest BCUT2D eigenvalue weighted by atomic mass is 19.1. The molecule has 2 amide bonds. The predicted molar refractivity (Wildman–Crippen MR) is 126 cm³/mol. The highest BCUT2D eigenvalue weighted by molar-refractivity contribution is 6.01. The molecule has 4 rings (SSSR count). The van der Waals surface area contributed by atoms with Crippen molar-refractivity contribution in [2.45, 2.75) is 18.4 Å². The Hall–Kier alpha value is -2.81. The number of carbonyl (C=O) groups is 2. The first kappa shape index (κ1) is 24.3. The summed E-state index contributed by atoms with van der Waals surface area (Å²) in [5.74, 6) is -1.27. The van der Waals surface area contributed by atoms with Crippen molar-refractivity contribution in [3.05, 3.63) is 71.0 Å². The minimum Gasteiger partial charge on any atom is -0.383 e. The molecule has 2 atom stereocenters. The third-order valence-electron chi connectivity index (χ3n) is 6.52. The Kier molecular flexibility index (Phi) is 8.26. The fourth-order valence-electron chi connectivity index (χ4n) is 4.79. The Morgan fingerprint density at radius 3 is 2.59 bits per heavy atom. The average Bonchev–Trinajstić information content (AvgIpc) is 2.87. The molecule has 2 heterocycles. The number of nitrogens with zero attached hydrogens (tertiary/aromatic N) is 2. The van der Waals surface area contributed by atoms with Gasteiger partial charge in [-0.15, -0.1) is 0 Å². The summed E-state index contributed by atoms with van der Waals surface area (Å²) in [6.45, 7) is 5.40. The molecule has 2 aromatic carbocycles. The first-order valence-electron chi connectivity index (χ1n) is 11.8. The number of halogens is 1. The third kappa shape index (κ3) is 5.46. The third-order valence-corrected chi connectivity index (χ3v) is 6.52. The molecule has 8 heteroatoms. The number of hydrogen-bond acceptors (Lipinski definition) is 5. The minimum atomic E-state index is -0.611. The second-order valence-electron chi connectivity index (χ2n) is 8.65. The molecule has 2 aliphatic heterocycles. The Morgan fingerprint density at radius 2 is 1.85 bits per heavy atom. The molecule has 1 fully saturated rings. The second kappa shape index (κ2) is 11.6. The monoisotopic (exact) mass is 469 g/mol. The number of morpholine rings is 1. The zero-order valence-electron chi connectivity index (χ0n) is 19.5. The van der Waals surface area contributed by atoms with Gasteiger partial charge >= 0.3 is 0 Å². The van der Waals surface area contributed by atoms with Crippen LogP contribution in [-0.2, 0) is 14.3 Å². The average molecular weight is 470 g/mol. The van der Waals surface area contributed by atoms with Crippen LogP contribution in [0.3, 0.4) is 0 Å². The van der Waals surface area contributed by atoms with Gasteiger partial charge in [-0.05, 0) is 42.3 Å². The molecule has 0 radical (unpaired) electrons. The number of ether oxygens (including phenoxy) is 2. The lowest BCUT2D eigenvalue weighted by molar-refractivity contribution is -0.124. The van der Waals surface area contributed by atoms with Crippen molar-refractivity contribution in [3.8, 4) is 0 Å². The molecule has 182 valence electrons. The molecule has 0 aromatic heterocycles. The van der Waals surface area contributed by atoms with Gasteiger partial charge in [0.25, 0.3) is 5.91 Å². The summed E-state index contributed by atoms with van der Waals surface area (Å²) >= 11 is 0. The normalized spacial score (nSPS) is 20.8. The summed E-state index contributed by atoms with van der Waals surface area (Å²) in [5.41, 5.74) is 1.93. The molecule has 0 aliphatic carbocycles.